The number of rotatable bonds is 1. The van der Waals surface area contributed by atoms with Crippen LogP contribution in [0.5, 0.6) is 0 Å². The van der Waals surface area contributed by atoms with Gasteiger partial charge >= 0.3 is 6.92 Å². The molecule has 0 amide bonds. The lowest BCUT2D eigenvalue weighted by Crippen LogP contribution is -2.36. The maximum Gasteiger partial charge on any atom is 0.327 e. The highest BCUT2D eigenvalue weighted by molar-refractivity contribution is 7.17. The summed E-state index contributed by atoms with van der Waals surface area (Å²) in [4.78, 5) is 0. The van der Waals surface area contributed by atoms with E-state index in [2.05, 4.69) is 57.3 Å². The van der Waals surface area contributed by atoms with Gasteiger partial charge in [0.25, 0.3) is 0 Å². The van der Waals surface area contributed by atoms with Gasteiger partial charge in [0, 0.05) is 4.70 Å². The minimum Gasteiger partial charge on any atom is -0.426 e. The van der Waals surface area contributed by atoms with Crippen LogP contribution in [0, 0.1) is 5.41 Å². The number of thiophene rings is 1. The van der Waals surface area contributed by atoms with E-state index in [4.69, 9.17) is 4.65 Å². The summed E-state index contributed by atoms with van der Waals surface area (Å²) in [5.74, 6) is 0. The fourth-order valence-corrected chi connectivity index (χ4v) is 3.41. The Bertz CT molecular complexity index is 569. The second kappa shape index (κ2) is 3.85. The zero-order chi connectivity index (χ0) is 13.0. The monoisotopic (exact) mass is 258 g/mol. The number of hydrogen-bond donors (Lipinski definition) is 0. The molecule has 3 heteroatoms. The largest absolute Gasteiger partial charge is 0.426 e. The summed E-state index contributed by atoms with van der Waals surface area (Å²) in [6.45, 7) is 9.25. The van der Waals surface area contributed by atoms with Gasteiger partial charge < -0.3 is 4.65 Å². The number of hydrogen-bond acceptors (Lipinski definition) is 2. The predicted molar refractivity (Wildman–Crippen MR) is 81.0 cm³/mol. The van der Waals surface area contributed by atoms with Crippen LogP contribution in [0.1, 0.15) is 27.7 Å². The molecular formula is C15H19BOS. The Morgan fingerprint density at radius 1 is 1.17 bits per heavy atom. The van der Waals surface area contributed by atoms with E-state index in [-0.39, 0.29) is 17.9 Å². The van der Waals surface area contributed by atoms with Crippen LogP contribution in [0.2, 0.25) is 6.32 Å². The second-order valence-electron chi connectivity index (χ2n) is 6.42. The summed E-state index contributed by atoms with van der Waals surface area (Å²) in [7, 11) is 0. The van der Waals surface area contributed by atoms with Crippen molar-refractivity contribution < 1.29 is 4.65 Å². The molecule has 0 unspecified atom stereocenters. The second-order valence-corrected chi connectivity index (χ2v) is 7.37. The van der Waals surface area contributed by atoms with E-state index in [1.165, 1.54) is 15.5 Å². The molecule has 0 spiro atoms. The fraction of sp³-hybridized carbons (Fsp3) is 0.467. The topological polar surface area (TPSA) is 9.23 Å². The lowest BCUT2D eigenvalue weighted by Gasteiger charge is -2.34. The molecule has 1 nitrogen and oxygen atoms in total. The Morgan fingerprint density at radius 3 is 2.61 bits per heavy atom. The third kappa shape index (κ3) is 1.81. The SMILES string of the molecule is CC1(C)CB(c2ccc3sccc3c2)OC1(C)C. The van der Waals surface area contributed by atoms with Gasteiger partial charge in [0.1, 0.15) is 0 Å². The average molecular weight is 258 g/mol. The summed E-state index contributed by atoms with van der Waals surface area (Å²) in [6, 6.07) is 8.92. The van der Waals surface area contributed by atoms with Crippen molar-refractivity contribution in [2.24, 2.45) is 5.41 Å². The molecule has 0 N–H and O–H groups in total. The van der Waals surface area contributed by atoms with Crippen molar-refractivity contribution in [3.05, 3.63) is 29.6 Å². The standard InChI is InChI=1S/C15H19BOS/c1-14(2)10-16(17-15(14,3)4)12-5-6-13-11(9-12)7-8-18-13/h5-9H,10H2,1-4H3. The molecule has 0 bridgehead atoms. The van der Waals surface area contributed by atoms with Gasteiger partial charge in [-0.15, -0.1) is 11.3 Å². The Balaban J connectivity index is 1.96. The third-order valence-corrected chi connectivity index (χ3v) is 5.51. The molecule has 0 atom stereocenters. The molecule has 1 aromatic heterocycles. The average Bonchev–Trinajstić information content (AvgIpc) is 2.80. The first-order valence-electron chi connectivity index (χ1n) is 6.54. The normalized spacial score (nSPS) is 21.7. The quantitative estimate of drug-likeness (QED) is 0.704. The Hall–Kier alpha value is -0.795. The zero-order valence-corrected chi connectivity index (χ0v) is 12.3. The van der Waals surface area contributed by atoms with E-state index in [9.17, 15) is 0 Å². The molecule has 1 fully saturated rings. The van der Waals surface area contributed by atoms with Crippen molar-refractivity contribution >= 4 is 33.8 Å². The van der Waals surface area contributed by atoms with Crippen LogP contribution in [-0.2, 0) is 4.65 Å². The van der Waals surface area contributed by atoms with Crippen LogP contribution in [-0.4, -0.2) is 12.5 Å². The van der Waals surface area contributed by atoms with Gasteiger partial charge in [-0.3, -0.25) is 0 Å². The molecule has 1 aromatic carbocycles. The zero-order valence-electron chi connectivity index (χ0n) is 11.5. The molecule has 0 radical (unpaired) electrons. The highest BCUT2D eigenvalue weighted by Crippen LogP contribution is 2.45. The maximum absolute atomic E-state index is 6.28. The van der Waals surface area contributed by atoms with Crippen LogP contribution >= 0.6 is 11.3 Å². The molecule has 2 aromatic rings. The van der Waals surface area contributed by atoms with E-state index in [1.54, 1.807) is 11.3 Å². The van der Waals surface area contributed by atoms with Gasteiger partial charge in [-0.2, -0.15) is 0 Å². The minimum atomic E-state index is -0.0543. The molecule has 3 rings (SSSR count). The van der Waals surface area contributed by atoms with Gasteiger partial charge in [-0.05, 0) is 53.9 Å². The summed E-state index contributed by atoms with van der Waals surface area (Å²) in [5.41, 5.74) is 1.49. The molecule has 18 heavy (non-hydrogen) atoms. The molecule has 1 saturated heterocycles. The third-order valence-electron chi connectivity index (χ3n) is 4.61. The molecule has 1 aliphatic heterocycles. The molecular weight excluding hydrogens is 239 g/mol. The van der Waals surface area contributed by atoms with Crippen molar-refractivity contribution in [1.29, 1.82) is 0 Å². The van der Waals surface area contributed by atoms with E-state index in [0.717, 1.165) is 6.32 Å². The molecule has 0 saturated carbocycles. The van der Waals surface area contributed by atoms with Gasteiger partial charge in [0.15, 0.2) is 0 Å². The van der Waals surface area contributed by atoms with Crippen LogP contribution < -0.4 is 5.46 Å². The van der Waals surface area contributed by atoms with Gasteiger partial charge in [-0.1, -0.05) is 26.0 Å². The van der Waals surface area contributed by atoms with Crippen molar-refractivity contribution in [3.8, 4) is 0 Å². The molecule has 2 heterocycles. The van der Waals surface area contributed by atoms with E-state index in [0.29, 0.717) is 0 Å². The van der Waals surface area contributed by atoms with Crippen molar-refractivity contribution in [3.63, 3.8) is 0 Å². The summed E-state index contributed by atoms with van der Waals surface area (Å²) < 4.78 is 7.64. The predicted octanol–water partition coefficient (Wildman–Crippen LogP) is 3.93. The molecule has 0 aliphatic carbocycles. The maximum atomic E-state index is 6.28. The highest BCUT2D eigenvalue weighted by atomic mass is 32.1. The first-order chi connectivity index (χ1) is 8.39. The lowest BCUT2D eigenvalue weighted by molar-refractivity contribution is 0.0375. The van der Waals surface area contributed by atoms with E-state index in [1.807, 2.05) is 0 Å². The van der Waals surface area contributed by atoms with Crippen molar-refractivity contribution in [1.82, 2.24) is 0 Å². The van der Waals surface area contributed by atoms with Gasteiger partial charge in [0.05, 0.1) is 5.60 Å². The summed E-state index contributed by atoms with van der Waals surface area (Å²) in [5, 5.41) is 3.49. The molecule has 1 aliphatic rings. The van der Waals surface area contributed by atoms with Crippen molar-refractivity contribution in [2.75, 3.05) is 0 Å². The summed E-state index contributed by atoms with van der Waals surface area (Å²) >= 11 is 1.80. The fourth-order valence-electron chi connectivity index (χ4n) is 2.64. The minimum absolute atomic E-state index is 0.0543. The van der Waals surface area contributed by atoms with E-state index >= 15 is 0 Å². The number of fused-ring (bicyclic) bond motifs is 1. The smallest absolute Gasteiger partial charge is 0.327 e. The van der Waals surface area contributed by atoms with Gasteiger partial charge in [-0.25, -0.2) is 0 Å². The Morgan fingerprint density at radius 2 is 1.94 bits per heavy atom. The summed E-state index contributed by atoms with van der Waals surface area (Å²) in [6.07, 6.45) is 1.09. The van der Waals surface area contributed by atoms with Gasteiger partial charge in [0.2, 0.25) is 0 Å². The van der Waals surface area contributed by atoms with Crippen LogP contribution in [0.15, 0.2) is 29.6 Å². The first kappa shape index (κ1) is 12.2. The van der Waals surface area contributed by atoms with Crippen molar-refractivity contribution in [2.45, 2.75) is 39.6 Å². The number of benzene rings is 1. The lowest BCUT2D eigenvalue weighted by atomic mass is 9.54. The first-order valence-corrected chi connectivity index (χ1v) is 7.42. The van der Waals surface area contributed by atoms with Crippen LogP contribution in [0.25, 0.3) is 10.1 Å². The van der Waals surface area contributed by atoms with E-state index < -0.39 is 0 Å². The van der Waals surface area contributed by atoms with Crippen LogP contribution in [0.3, 0.4) is 0 Å². The Kier molecular flexibility index (Phi) is 2.62. The highest BCUT2D eigenvalue weighted by Gasteiger charge is 2.49. The molecule has 94 valence electrons. The Labute approximate surface area is 113 Å². The van der Waals surface area contributed by atoms with Crippen LogP contribution in [0.4, 0.5) is 0 Å².